The molecule has 0 radical (unpaired) electrons. The van der Waals surface area contributed by atoms with Gasteiger partial charge in [-0.3, -0.25) is 24.6 Å². The van der Waals surface area contributed by atoms with Gasteiger partial charge < -0.3 is 56.4 Å². The number of aromatic nitrogens is 3. The minimum absolute atomic E-state index is 0.0513. The van der Waals surface area contributed by atoms with Crippen LogP contribution in [0.4, 0.5) is 0 Å². The smallest absolute Gasteiger partial charge is 0.338 e. The summed E-state index contributed by atoms with van der Waals surface area (Å²) in [5, 5.41) is 90.3. The molecule has 514 valence electrons. The van der Waals surface area contributed by atoms with Gasteiger partial charge in [-0.1, -0.05) is 103 Å². The topological polar surface area (TPSA) is 344 Å². The molecule has 1 amide bonds. The largest absolute Gasteiger partial charge is 0.507 e. The molecular weight excluding hydrogens is 1440 g/mol. The third-order valence-electron chi connectivity index (χ3n) is 14.6. The number of aliphatic hydroxyl groups excluding tert-OH is 3. The number of carbonyl (C=O) groups is 3. The number of aromatic hydroxyl groups is 6. The maximum atomic E-state index is 12.0. The molecule has 0 fully saturated rings. The molecule has 20 nitrogen and oxygen atoms in total. The van der Waals surface area contributed by atoms with Crippen molar-refractivity contribution in [1.29, 1.82) is 0 Å². The number of hydrogen-bond donors (Lipinski definition) is 10. The van der Waals surface area contributed by atoms with Gasteiger partial charge in [0.05, 0.1) is 65.9 Å². The molecule has 3 aliphatic heterocycles. The number of aldehydes is 1. The lowest BCUT2D eigenvalue weighted by Gasteiger charge is -2.07. The van der Waals surface area contributed by atoms with Crippen molar-refractivity contribution in [2.24, 2.45) is 20.7 Å². The van der Waals surface area contributed by atoms with Crippen LogP contribution in [0.25, 0.3) is 31.7 Å². The SMILES string of the molecule is CC1SC(c2ccccc2O)=N[C@H]1CO.C[C@@H]1SC(c2ccccc2O)=N[C@@H]1CO.Cc1sc(-c2ccccc2O)nc1C(N)=O.Cc1sc(-c2ccccc2O)nc1C=O.Cc1sc(-c2ccccc2O)nc1CO.O=C(OC[C@@H]1CSC(c2ccccc2O)=N1)c1ccc(Br)cc1. The first kappa shape index (κ1) is 76.0. The number of primary amides is 1. The molecule has 13 rings (SSSR count). The van der Waals surface area contributed by atoms with Crippen LogP contribution in [-0.2, 0) is 11.3 Å². The number of benzene rings is 7. The summed E-state index contributed by atoms with van der Waals surface area (Å²) < 4.78 is 6.24. The molecule has 0 aliphatic carbocycles. The van der Waals surface area contributed by atoms with Crippen LogP contribution in [-0.4, -0.2) is 148 Å². The van der Waals surface area contributed by atoms with Crippen LogP contribution < -0.4 is 5.73 Å². The molecule has 7 aromatic carbocycles. The predicted octanol–water partition coefficient (Wildman–Crippen LogP) is 14.0. The fourth-order valence-corrected chi connectivity index (χ4v) is 15.7. The van der Waals surface area contributed by atoms with Gasteiger partial charge in [0.15, 0.2) is 6.29 Å². The number of carbonyl (C=O) groups excluding carboxylic acids is 3. The number of aliphatic imine (C=N–C) groups is 3. The van der Waals surface area contributed by atoms with Gasteiger partial charge in [0.2, 0.25) is 0 Å². The molecule has 27 heteroatoms. The summed E-state index contributed by atoms with van der Waals surface area (Å²) in [6, 6.07) is 49.1. The summed E-state index contributed by atoms with van der Waals surface area (Å²) >= 11 is 12.3. The third kappa shape index (κ3) is 20.7. The summed E-state index contributed by atoms with van der Waals surface area (Å²) in [5.74, 6) is 1.09. The minimum atomic E-state index is -0.546. The first-order valence-corrected chi connectivity index (χ1v) is 36.4. The number of rotatable bonds is 14. The van der Waals surface area contributed by atoms with Crippen molar-refractivity contribution < 1.29 is 65.1 Å². The molecule has 1 unspecified atom stereocenters. The summed E-state index contributed by atoms with van der Waals surface area (Å²) in [6.07, 6.45) is 0.731. The van der Waals surface area contributed by atoms with Crippen LogP contribution in [0.15, 0.2) is 189 Å². The number of aryl methyl sites for hydroxylation is 3. The number of thioether (sulfide) groups is 3. The van der Waals surface area contributed by atoms with Crippen LogP contribution in [0, 0.1) is 20.8 Å². The number of amides is 1. The summed E-state index contributed by atoms with van der Waals surface area (Å²) in [6.45, 7) is 9.88. The molecule has 11 N–H and O–H groups in total. The molecule has 5 atom stereocenters. The number of nitrogens with two attached hydrogens (primary N) is 1. The lowest BCUT2D eigenvalue weighted by molar-refractivity contribution is 0.0490. The molecule has 3 aliphatic rings. The Morgan fingerprint density at radius 1 is 0.515 bits per heavy atom. The van der Waals surface area contributed by atoms with Gasteiger partial charge in [-0.15, -0.1) is 69.3 Å². The number of phenolic OH excluding ortho intramolecular Hbond substituents is 6. The Hall–Kier alpha value is -8.74. The van der Waals surface area contributed by atoms with Crippen molar-refractivity contribution in [1.82, 2.24) is 15.0 Å². The lowest BCUT2D eigenvalue weighted by Crippen LogP contribution is -2.17. The van der Waals surface area contributed by atoms with Crippen LogP contribution in [0.3, 0.4) is 0 Å². The van der Waals surface area contributed by atoms with Crippen molar-refractivity contribution in [2.45, 2.75) is 69.9 Å². The average Bonchev–Trinajstić information content (AvgIpc) is 1.76. The van der Waals surface area contributed by atoms with Gasteiger partial charge in [-0.2, -0.15) is 0 Å². The van der Waals surface area contributed by atoms with Gasteiger partial charge in [-0.25, -0.2) is 19.7 Å². The number of aliphatic hydroxyl groups is 3. The summed E-state index contributed by atoms with van der Waals surface area (Å²) in [4.78, 5) is 62.1. The van der Waals surface area contributed by atoms with E-state index in [-0.39, 0.29) is 101 Å². The number of halogens is 1. The van der Waals surface area contributed by atoms with Gasteiger partial charge in [-0.05, 0) is 118 Å². The fourth-order valence-electron chi connectivity index (χ4n) is 9.21. The van der Waals surface area contributed by atoms with E-state index in [0.29, 0.717) is 43.7 Å². The van der Waals surface area contributed by atoms with E-state index in [4.69, 9.17) is 25.8 Å². The van der Waals surface area contributed by atoms with E-state index >= 15 is 0 Å². The number of ether oxygens (including phenoxy) is 1. The molecule has 10 aromatic rings. The highest BCUT2D eigenvalue weighted by Gasteiger charge is 2.29. The van der Waals surface area contributed by atoms with E-state index in [2.05, 4.69) is 45.9 Å². The highest BCUT2D eigenvalue weighted by atomic mass is 79.9. The quantitative estimate of drug-likeness (QED) is 0.0357. The zero-order chi connectivity index (χ0) is 71.3. The number of para-hydroxylation sites is 6. The maximum Gasteiger partial charge on any atom is 0.338 e. The minimum Gasteiger partial charge on any atom is -0.507 e. The first-order valence-electron chi connectivity index (χ1n) is 30.4. The van der Waals surface area contributed by atoms with Crippen LogP contribution >= 0.6 is 85.2 Å². The molecular formula is C72H70BrN7O13S6. The molecule has 99 heavy (non-hydrogen) atoms. The summed E-state index contributed by atoms with van der Waals surface area (Å²) in [5.41, 5.74) is 11.3. The van der Waals surface area contributed by atoms with Gasteiger partial charge >= 0.3 is 5.97 Å². The van der Waals surface area contributed by atoms with Crippen molar-refractivity contribution in [3.8, 4) is 66.2 Å². The second-order valence-corrected chi connectivity index (χ2v) is 29.9. The van der Waals surface area contributed by atoms with E-state index in [1.165, 1.54) is 34.0 Å². The molecule has 0 spiro atoms. The molecule has 0 saturated carbocycles. The highest BCUT2D eigenvalue weighted by molar-refractivity contribution is 9.10. The van der Waals surface area contributed by atoms with Crippen LogP contribution in [0.5, 0.6) is 34.5 Å². The van der Waals surface area contributed by atoms with Crippen LogP contribution in [0.2, 0.25) is 0 Å². The van der Waals surface area contributed by atoms with Crippen molar-refractivity contribution in [2.75, 3.05) is 25.6 Å². The van der Waals surface area contributed by atoms with Crippen LogP contribution in [0.1, 0.15) is 82.2 Å². The van der Waals surface area contributed by atoms with Crippen molar-refractivity contribution in [3.05, 3.63) is 228 Å². The fraction of sp³-hybridized carbons (Fsp3) is 0.208. The Kier molecular flexibility index (Phi) is 28.3. The molecule has 0 saturated heterocycles. The second kappa shape index (κ2) is 36.9. The van der Waals surface area contributed by atoms with E-state index in [0.717, 1.165) is 68.0 Å². The lowest BCUT2D eigenvalue weighted by atomic mass is 10.2. The number of esters is 1. The predicted molar refractivity (Wildman–Crippen MR) is 402 cm³/mol. The monoisotopic (exact) mass is 1510 g/mol. The Morgan fingerprint density at radius 2 is 0.899 bits per heavy atom. The summed E-state index contributed by atoms with van der Waals surface area (Å²) in [7, 11) is 0. The Morgan fingerprint density at radius 3 is 1.26 bits per heavy atom. The molecule has 3 aromatic heterocycles. The number of nitrogens with zero attached hydrogens (tertiary/aromatic N) is 6. The first-order chi connectivity index (χ1) is 47.6. The highest BCUT2D eigenvalue weighted by Crippen LogP contribution is 2.38. The van der Waals surface area contributed by atoms with Gasteiger partial charge in [0.25, 0.3) is 5.91 Å². The third-order valence-corrected chi connectivity index (χ3v) is 21.9. The number of phenols is 6. The molecule has 6 heterocycles. The molecule has 0 bridgehead atoms. The average molecular weight is 1510 g/mol. The van der Waals surface area contributed by atoms with Gasteiger partial charge in [0.1, 0.15) is 82.6 Å². The Balaban J connectivity index is 0.000000153. The zero-order valence-electron chi connectivity index (χ0n) is 53.9. The van der Waals surface area contributed by atoms with E-state index in [1.807, 2.05) is 82.3 Å². The Labute approximate surface area is 604 Å². The standard InChI is InChI=1S/C17H14BrNO3S.C11H10N2O2S.2C11H13NO2S.C11H11NO2S.C11H9NO2S/c18-12-7-5-11(6-8-12)17(21)22-9-13-10-23-16(19-13)14-3-1-2-4-15(14)20;1-6-9(10(12)15)13-11(16-6)7-4-2-3-5-8(7)14;4*1-7-9(6-13)12-11(15-7)8-4-2-3-5-10(8)14/h1-8,13,20H,9-10H2;2-5,14H,1H3,(H2,12,15);2*2-5,7,9,13-14H,6H2,1H3;2-5,13-14H,6H2,1H3;2-6,14H,1H3/t13-;;7?,9-;7-,9+;;/m1.00../s1. The van der Waals surface area contributed by atoms with Crippen molar-refractivity contribution in [3.63, 3.8) is 0 Å². The van der Waals surface area contributed by atoms with E-state index < -0.39 is 5.91 Å². The second-order valence-electron chi connectivity index (χ2n) is 21.7. The number of hydrogen-bond acceptors (Lipinski definition) is 25. The van der Waals surface area contributed by atoms with E-state index in [1.54, 1.807) is 157 Å². The van der Waals surface area contributed by atoms with Crippen molar-refractivity contribution >= 4 is 119 Å². The van der Waals surface area contributed by atoms with Gasteiger partial charge in [0, 0.05) is 52.0 Å². The number of thiazole rings is 3. The maximum absolute atomic E-state index is 12.0. The Bertz CT molecular complexity index is 4430. The zero-order valence-corrected chi connectivity index (χ0v) is 60.4. The van der Waals surface area contributed by atoms with E-state index in [9.17, 15) is 45.0 Å². The normalized spacial score (nSPS) is 16.4.